The van der Waals surface area contributed by atoms with E-state index in [1.165, 1.54) is 17.4 Å². The number of thiophene rings is 1. The SMILES string of the molecule is CC(C)COc1ccc(C(=O)NNC(=O)C=Cc2cccs2)cc1. The first kappa shape index (κ1) is 17.7. The zero-order valence-electron chi connectivity index (χ0n) is 13.6. The zero-order valence-corrected chi connectivity index (χ0v) is 14.4. The Balaban J connectivity index is 1.80. The lowest BCUT2D eigenvalue weighted by molar-refractivity contribution is -0.117. The minimum Gasteiger partial charge on any atom is -0.493 e. The van der Waals surface area contributed by atoms with E-state index < -0.39 is 5.91 Å². The van der Waals surface area contributed by atoms with E-state index in [9.17, 15) is 9.59 Å². The van der Waals surface area contributed by atoms with Crippen molar-refractivity contribution in [2.45, 2.75) is 13.8 Å². The minimum absolute atomic E-state index is 0.386. The predicted molar refractivity (Wildman–Crippen MR) is 95.7 cm³/mol. The molecule has 0 fully saturated rings. The molecule has 2 aromatic rings. The van der Waals surface area contributed by atoms with E-state index in [4.69, 9.17) is 4.74 Å². The summed E-state index contributed by atoms with van der Waals surface area (Å²) in [5.74, 6) is 0.366. The fourth-order valence-electron chi connectivity index (χ4n) is 1.74. The molecule has 2 amide bonds. The molecule has 0 aliphatic heterocycles. The second-order valence-electron chi connectivity index (χ2n) is 5.52. The largest absolute Gasteiger partial charge is 0.493 e. The van der Waals surface area contributed by atoms with Crippen LogP contribution in [0, 0.1) is 5.92 Å². The van der Waals surface area contributed by atoms with Crippen LogP contribution in [-0.2, 0) is 4.79 Å². The van der Waals surface area contributed by atoms with Crippen LogP contribution in [0.25, 0.3) is 6.08 Å². The number of hydrogen-bond donors (Lipinski definition) is 2. The van der Waals surface area contributed by atoms with Gasteiger partial charge in [0.25, 0.3) is 11.8 Å². The van der Waals surface area contributed by atoms with Crippen molar-refractivity contribution in [3.8, 4) is 5.75 Å². The van der Waals surface area contributed by atoms with Crippen LogP contribution < -0.4 is 15.6 Å². The monoisotopic (exact) mass is 344 g/mol. The number of carbonyl (C=O) groups excluding carboxylic acids is 2. The molecule has 6 heteroatoms. The van der Waals surface area contributed by atoms with E-state index >= 15 is 0 Å². The van der Waals surface area contributed by atoms with Crippen molar-refractivity contribution in [2.24, 2.45) is 5.92 Å². The van der Waals surface area contributed by atoms with Gasteiger partial charge in [-0.3, -0.25) is 20.4 Å². The second-order valence-corrected chi connectivity index (χ2v) is 6.50. The lowest BCUT2D eigenvalue weighted by atomic mass is 10.2. The van der Waals surface area contributed by atoms with Gasteiger partial charge in [0.1, 0.15) is 5.75 Å². The highest BCUT2D eigenvalue weighted by atomic mass is 32.1. The molecule has 126 valence electrons. The lowest BCUT2D eigenvalue weighted by Gasteiger charge is -2.09. The van der Waals surface area contributed by atoms with Gasteiger partial charge in [-0.15, -0.1) is 11.3 Å². The summed E-state index contributed by atoms with van der Waals surface area (Å²) in [4.78, 5) is 24.6. The molecule has 0 bridgehead atoms. The smallest absolute Gasteiger partial charge is 0.269 e. The fraction of sp³-hybridized carbons (Fsp3) is 0.222. The first-order chi connectivity index (χ1) is 11.5. The molecule has 24 heavy (non-hydrogen) atoms. The average Bonchev–Trinajstić information content (AvgIpc) is 3.10. The number of nitrogens with one attached hydrogen (secondary N) is 2. The average molecular weight is 344 g/mol. The normalized spacial score (nSPS) is 10.8. The van der Waals surface area contributed by atoms with Gasteiger partial charge in [-0.2, -0.15) is 0 Å². The highest BCUT2D eigenvalue weighted by Gasteiger charge is 2.06. The van der Waals surface area contributed by atoms with Crippen LogP contribution in [0.2, 0.25) is 0 Å². The summed E-state index contributed by atoms with van der Waals surface area (Å²) in [5, 5.41) is 1.92. The standard InChI is InChI=1S/C18H20N2O3S/c1-13(2)12-23-15-7-5-14(6-8-15)18(22)20-19-17(21)10-9-16-4-3-11-24-16/h3-11,13H,12H2,1-2H3,(H,19,21)(H,20,22). The van der Waals surface area contributed by atoms with Gasteiger partial charge in [0.15, 0.2) is 0 Å². The summed E-state index contributed by atoms with van der Waals surface area (Å²) >= 11 is 1.53. The highest BCUT2D eigenvalue weighted by molar-refractivity contribution is 7.10. The van der Waals surface area contributed by atoms with Gasteiger partial charge in [-0.05, 0) is 47.7 Å². The summed E-state index contributed by atoms with van der Waals surface area (Å²) in [6.45, 7) is 4.76. The molecule has 0 saturated carbocycles. The number of amides is 2. The Kier molecular flexibility index (Phi) is 6.57. The quantitative estimate of drug-likeness (QED) is 0.624. The third-order valence-electron chi connectivity index (χ3n) is 2.94. The number of hydrazine groups is 1. The van der Waals surface area contributed by atoms with E-state index in [1.54, 1.807) is 30.3 Å². The van der Waals surface area contributed by atoms with Crippen molar-refractivity contribution in [2.75, 3.05) is 6.61 Å². The van der Waals surface area contributed by atoms with Crippen molar-refractivity contribution >= 4 is 29.2 Å². The molecule has 0 radical (unpaired) electrons. The third-order valence-corrected chi connectivity index (χ3v) is 3.78. The van der Waals surface area contributed by atoms with E-state index in [1.807, 2.05) is 17.5 Å². The third kappa shape index (κ3) is 5.89. The van der Waals surface area contributed by atoms with Crippen LogP contribution in [0.4, 0.5) is 0 Å². The lowest BCUT2D eigenvalue weighted by Crippen LogP contribution is -2.40. The first-order valence-corrected chi connectivity index (χ1v) is 8.47. The maximum absolute atomic E-state index is 12.0. The van der Waals surface area contributed by atoms with Crippen molar-refractivity contribution in [1.29, 1.82) is 0 Å². The van der Waals surface area contributed by atoms with Crippen LogP contribution in [-0.4, -0.2) is 18.4 Å². The van der Waals surface area contributed by atoms with Gasteiger partial charge < -0.3 is 4.74 Å². The Labute approximate surface area is 145 Å². The van der Waals surface area contributed by atoms with Gasteiger partial charge >= 0.3 is 0 Å². The van der Waals surface area contributed by atoms with Crippen molar-refractivity contribution in [3.05, 3.63) is 58.3 Å². The molecule has 0 unspecified atom stereocenters. The van der Waals surface area contributed by atoms with Crippen molar-refractivity contribution < 1.29 is 14.3 Å². The molecule has 0 aliphatic carbocycles. The molecule has 1 aromatic carbocycles. The maximum Gasteiger partial charge on any atom is 0.269 e. The Morgan fingerprint density at radius 2 is 1.92 bits per heavy atom. The van der Waals surface area contributed by atoms with Crippen LogP contribution in [0.5, 0.6) is 5.75 Å². The number of ether oxygens (including phenoxy) is 1. The number of carbonyl (C=O) groups is 2. The Morgan fingerprint density at radius 1 is 1.17 bits per heavy atom. The molecular formula is C18H20N2O3S. The van der Waals surface area contributed by atoms with E-state index in [0.29, 0.717) is 23.8 Å². The molecule has 0 aliphatic rings. The molecule has 0 saturated heterocycles. The molecule has 0 spiro atoms. The first-order valence-electron chi connectivity index (χ1n) is 7.59. The van der Waals surface area contributed by atoms with Crippen LogP contribution in [0.1, 0.15) is 29.1 Å². The van der Waals surface area contributed by atoms with Gasteiger partial charge in [0.05, 0.1) is 6.61 Å². The molecule has 1 heterocycles. The van der Waals surface area contributed by atoms with E-state index in [-0.39, 0.29) is 5.91 Å². The molecule has 0 atom stereocenters. The molecule has 1 aromatic heterocycles. The van der Waals surface area contributed by atoms with Crippen LogP contribution in [0.15, 0.2) is 47.9 Å². The number of rotatable bonds is 6. The van der Waals surface area contributed by atoms with E-state index in [2.05, 4.69) is 24.7 Å². The van der Waals surface area contributed by atoms with Crippen molar-refractivity contribution in [1.82, 2.24) is 10.9 Å². The maximum atomic E-state index is 12.0. The van der Waals surface area contributed by atoms with Gasteiger partial charge in [-0.1, -0.05) is 19.9 Å². The minimum atomic E-state index is -0.395. The second kappa shape index (κ2) is 8.88. The molecule has 2 N–H and O–H groups in total. The summed E-state index contributed by atoms with van der Waals surface area (Å²) in [6.07, 6.45) is 3.06. The predicted octanol–water partition coefficient (Wildman–Crippen LogP) is 3.26. The Bertz CT molecular complexity index is 692. The van der Waals surface area contributed by atoms with Crippen LogP contribution >= 0.6 is 11.3 Å². The molecule has 5 nitrogen and oxygen atoms in total. The summed E-state index contributed by atoms with van der Waals surface area (Å²) in [7, 11) is 0. The number of benzene rings is 1. The molecule has 2 rings (SSSR count). The highest BCUT2D eigenvalue weighted by Crippen LogP contribution is 2.13. The van der Waals surface area contributed by atoms with E-state index in [0.717, 1.165) is 4.88 Å². The molecular weight excluding hydrogens is 324 g/mol. The van der Waals surface area contributed by atoms with Gasteiger partial charge in [-0.25, -0.2) is 0 Å². The fourth-order valence-corrected chi connectivity index (χ4v) is 2.36. The zero-order chi connectivity index (χ0) is 17.4. The summed E-state index contributed by atoms with van der Waals surface area (Å²) in [6, 6.07) is 10.6. The summed E-state index contributed by atoms with van der Waals surface area (Å²) < 4.78 is 5.56. The Morgan fingerprint density at radius 3 is 2.54 bits per heavy atom. The van der Waals surface area contributed by atoms with Gasteiger partial charge in [0.2, 0.25) is 0 Å². The summed E-state index contributed by atoms with van der Waals surface area (Å²) in [5.41, 5.74) is 5.16. The van der Waals surface area contributed by atoms with Gasteiger partial charge in [0, 0.05) is 16.5 Å². The topological polar surface area (TPSA) is 67.4 Å². The van der Waals surface area contributed by atoms with Crippen molar-refractivity contribution in [3.63, 3.8) is 0 Å². The van der Waals surface area contributed by atoms with Crippen LogP contribution in [0.3, 0.4) is 0 Å². The number of hydrogen-bond acceptors (Lipinski definition) is 4. The Hall–Kier alpha value is -2.60.